The van der Waals surface area contributed by atoms with Gasteiger partial charge in [-0.2, -0.15) is 0 Å². The molecule has 0 saturated carbocycles. The molecule has 1 aromatic heterocycles. The molecular formula is C26H37N5O6S. The van der Waals surface area contributed by atoms with E-state index in [2.05, 4.69) is 15.9 Å². The van der Waals surface area contributed by atoms with Crippen molar-refractivity contribution in [2.24, 2.45) is 5.29 Å². The molecule has 2 saturated heterocycles. The first-order valence-corrected chi connectivity index (χ1v) is 15.0. The summed E-state index contributed by atoms with van der Waals surface area (Å²) in [5, 5.41) is 3.39. The Labute approximate surface area is 223 Å². The number of rotatable bonds is 12. The van der Waals surface area contributed by atoms with Crippen LogP contribution < -0.4 is 5.43 Å². The molecule has 0 aliphatic carbocycles. The number of nitroso groups, excluding NO2 is 1. The number of fused-ring (bicyclic) bond motifs is 1. The summed E-state index contributed by atoms with van der Waals surface area (Å²) >= 11 is 0. The van der Waals surface area contributed by atoms with Gasteiger partial charge < -0.3 is 14.2 Å². The molecule has 1 amide bonds. The molecule has 3 heterocycles. The summed E-state index contributed by atoms with van der Waals surface area (Å²) < 4.78 is 32.3. The molecule has 1 aromatic carbocycles. The van der Waals surface area contributed by atoms with E-state index in [1.54, 1.807) is 25.1 Å². The first-order valence-electron chi connectivity index (χ1n) is 13.4. The summed E-state index contributed by atoms with van der Waals surface area (Å²) in [6, 6.07) is 6.93. The third-order valence-electron chi connectivity index (χ3n) is 7.64. The van der Waals surface area contributed by atoms with Gasteiger partial charge in [-0.15, -0.1) is 4.91 Å². The predicted molar refractivity (Wildman–Crippen MR) is 143 cm³/mol. The van der Waals surface area contributed by atoms with E-state index >= 15 is 0 Å². The largest absolute Gasteiger partial charge is 0.465 e. The Morgan fingerprint density at radius 2 is 1.92 bits per heavy atom. The van der Waals surface area contributed by atoms with Gasteiger partial charge in [0.05, 0.1) is 29.4 Å². The summed E-state index contributed by atoms with van der Waals surface area (Å²) in [5.74, 6) is -0.727. The summed E-state index contributed by atoms with van der Waals surface area (Å²) in [6.45, 7) is 6.42. The van der Waals surface area contributed by atoms with E-state index in [0.29, 0.717) is 13.2 Å². The number of benzene rings is 1. The molecule has 12 heteroatoms. The lowest BCUT2D eigenvalue weighted by Gasteiger charge is -2.31. The molecule has 0 spiro atoms. The Morgan fingerprint density at radius 3 is 2.66 bits per heavy atom. The second-order valence-corrected chi connectivity index (χ2v) is 11.9. The van der Waals surface area contributed by atoms with Crippen molar-refractivity contribution in [2.75, 3.05) is 32.1 Å². The van der Waals surface area contributed by atoms with Crippen molar-refractivity contribution in [1.82, 2.24) is 19.8 Å². The van der Waals surface area contributed by atoms with E-state index in [4.69, 9.17) is 4.74 Å². The van der Waals surface area contributed by atoms with Crippen LogP contribution in [0.4, 0.5) is 0 Å². The summed E-state index contributed by atoms with van der Waals surface area (Å²) in [4.78, 5) is 40.0. The number of esters is 1. The first kappa shape index (κ1) is 28.0. The second-order valence-electron chi connectivity index (χ2n) is 9.91. The average molecular weight is 548 g/mol. The minimum absolute atomic E-state index is 0.110. The van der Waals surface area contributed by atoms with Crippen LogP contribution >= 0.6 is 0 Å². The van der Waals surface area contributed by atoms with Gasteiger partial charge in [0.1, 0.15) is 5.88 Å². The Balaban J connectivity index is 1.46. The highest BCUT2D eigenvalue weighted by atomic mass is 32.2. The fourth-order valence-electron chi connectivity index (χ4n) is 5.86. The number of hydrogen-bond acceptors (Lipinski definition) is 8. The van der Waals surface area contributed by atoms with Crippen LogP contribution in [0.25, 0.3) is 10.9 Å². The number of carbonyl (C=O) groups is 2. The number of ether oxygens (including phenoxy) is 1. The minimum atomic E-state index is -3.69. The molecule has 2 aromatic rings. The molecule has 2 atom stereocenters. The van der Waals surface area contributed by atoms with Gasteiger partial charge in [0.15, 0.2) is 9.84 Å². The van der Waals surface area contributed by atoms with Crippen LogP contribution in [-0.4, -0.2) is 78.9 Å². The van der Waals surface area contributed by atoms with E-state index in [0.717, 1.165) is 68.2 Å². The van der Waals surface area contributed by atoms with Crippen LogP contribution in [0.3, 0.4) is 0 Å². The highest BCUT2D eigenvalue weighted by Gasteiger charge is 2.38. The normalized spacial score (nSPS) is 20.2. The topological polar surface area (TPSA) is 130 Å². The number of hydrogen-bond donors (Lipinski definition) is 1. The summed E-state index contributed by atoms with van der Waals surface area (Å²) in [7, 11) is -3.69. The maximum atomic E-state index is 13.5. The quantitative estimate of drug-likeness (QED) is 0.244. The highest BCUT2D eigenvalue weighted by Crippen LogP contribution is 2.29. The number of aromatic nitrogens is 1. The molecule has 2 fully saturated rings. The van der Waals surface area contributed by atoms with Gasteiger partial charge in [-0.1, -0.05) is 6.07 Å². The monoisotopic (exact) mass is 547 g/mol. The smallest absolute Gasteiger partial charge is 0.320 e. The van der Waals surface area contributed by atoms with Crippen molar-refractivity contribution < 1.29 is 22.7 Å². The van der Waals surface area contributed by atoms with Crippen LogP contribution in [0.5, 0.6) is 0 Å². The number of carbonyl (C=O) groups excluding carboxylic acids is 2. The highest BCUT2D eigenvalue weighted by molar-refractivity contribution is 7.91. The zero-order valence-corrected chi connectivity index (χ0v) is 22.9. The van der Waals surface area contributed by atoms with E-state index in [1.165, 1.54) is 0 Å². The van der Waals surface area contributed by atoms with E-state index in [1.807, 2.05) is 22.1 Å². The van der Waals surface area contributed by atoms with Crippen LogP contribution in [0.15, 0.2) is 34.4 Å². The van der Waals surface area contributed by atoms with E-state index in [9.17, 15) is 22.9 Å². The maximum Gasteiger partial charge on any atom is 0.320 e. The van der Waals surface area contributed by atoms with Crippen LogP contribution in [0, 0.1) is 4.91 Å². The van der Waals surface area contributed by atoms with Crippen molar-refractivity contribution >= 4 is 32.6 Å². The number of nitrogens with zero attached hydrogens (tertiary/aromatic N) is 4. The van der Waals surface area contributed by atoms with Crippen LogP contribution in [-0.2, 0) is 37.1 Å². The van der Waals surface area contributed by atoms with E-state index in [-0.39, 0.29) is 35.4 Å². The predicted octanol–water partition coefficient (Wildman–Crippen LogP) is 2.61. The summed E-state index contributed by atoms with van der Waals surface area (Å²) in [5.41, 5.74) is 3.90. The third kappa shape index (κ3) is 6.01. The van der Waals surface area contributed by atoms with Gasteiger partial charge in [0.2, 0.25) is 5.91 Å². The fraction of sp³-hybridized carbons (Fsp3) is 0.615. The lowest BCUT2D eigenvalue weighted by molar-refractivity contribution is -0.146. The van der Waals surface area contributed by atoms with Gasteiger partial charge >= 0.3 is 5.97 Å². The van der Waals surface area contributed by atoms with Gasteiger partial charge in [-0.05, 0) is 82.5 Å². The average Bonchev–Trinajstić information content (AvgIpc) is 3.63. The molecule has 11 nitrogen and oxygen atoms in total. The lowest BCUT2D eigenvalue weighted by Crippen LogP contribution is -2.48. The Bertz CT molecular complexity index is 1280. The molecule has 208 valence electrons. The maximum absolute atomic E-state index is 13.5. The minimum Gasteiger partial charge on any atom is -0.465 e. The van der Waals surface area contributed by atoms with Gasteiger partial charge in [0.25, 0.3) is 0 Å². The first-order chi connectivity index (χ1) is 18.3. The number of likely N-dealkylation sites (tertiary alicyclic amines) is 2. The van der Waals surface area contributed by atoms with Gasteiger partial charge in [-0.3, -0.25) is 19.9 Å². The Morgan fingerprint density at radius 1 is 1.13 bits per heavy atom. The lowest BCUT2D eigenvalue weighted by atomic mass is 10.1. The molecule has 0 unspecified atom stereocenters. The molecule has 1 N–H and O–H groups in total. The molecule has 0 radical (unpaired) electrons. The zero-order chi connectivity index (χ0) is 27.3. The molecular weight excluding hydrogens is 510 g/mol. The number of sulfone groups is 1. The van der Waals surface area contributed by atoms with Crippen molar-refractivity contribution in [2.45, 2.75) is 75.9 Å². The standard InChI is InChI=1S/C26H37N5O6S/c1-3-30-21(15-19-9-12-22(16-24(19)30)38(35,36)18-27-28-34)11-10-20-7-5-14-31(20)26(33)23-8-6-13-29(23)17-25(32)37-4-2/h9,12,15-16,20,23H,3-8,10-11,13-14,17-18H2,1-2H3,(H,27,34)/t20-,23+/m0/s1. The Hall–Kier alpha value is -2.99. The number of aryl methyl sites for hydroxylation is 2. The molecule has 2 aliphatic rings. The van der Waals surface area contributed by atoms with Crippen molar-refractivity contribution in [3.05, 3.63) is 34.9 Å². The third-order valence-corrected chi connectivity index (χ3v) is 9.12. The molecule has 2 aliphatic heterocycles. The molecule has 38 heavy (non-hydrogen) atoms. The van der Waals surface area contributed by atoms with Gasteiger partial charge in [0, 0.05) is 30.3 Å². The Kier molecular flexibility index (Phi) is 9.03. The zero-order valence-electron chi connectivity index (χ0n) is 22.1. The van der Waals surface area contributed by atoms with Crippen LogP contribution in [0.2, 0.25) is 0 Å². The van der Waals surface area contributed by atoms with E-state index < -0.39 is 15.7 Å². The van der Waals surface area contributed by atoms with Crippen molar-refractivity contribution in [3.63, 3.8) is 0 Å². The SMILES string of the molecule is CCOC(=O)CN1CCC[C@@H]1C(=O)N1CCC[C@H]1CCc1cc2ccc(S(=O)(=O)CNN=O)cc2n1CC. The number of amides is 1. The van der Waals surface area contributed by atoms with Gasteiger partial charge in [-0.25, -0.2) is 8.42 Å². The second kappa shape index (κ2) is 12.2. The number of nitrogens with one attached hydrogen (secondary N) is 1. The molecule has 0 bridgehead atoms. The van der Waals surface area contributed by atoms with Crippen LogP contribution in [0.1, 0.15) is 51.6 Å². The van der Waals surface area contributed by atoms with Crippen molar-refractivity contribution in [3.8, 4) is 0 Å². The molecule has 4 rings (SSSR count). The van der Waals surface area contributed by atoms with Crippen molar-refractivity contribution in [1.29, 1.82) is 0 Å². The summed E-state index contributed by atoms with van der Waals surface area (Å²) in [6.07, 6.45) is 5.13. The fourth-order valence-corrected chi connectivity index (χ4v) is 6.82.